The van der Waals surface area contributed by atoms with Crippen LogP contribution in [0.1, 0.15) is 17.7 Å². The second kappa shape index (κ2) is 5.00. The second-order valence-corrected chi connectivity index (χ2v) is 4.46. The molecule has 18 heavy (non-hydrogen) atoms. The van der Waals surface area contributed by atoms with Crippen molar-refractivity contribution in [3.05, 3.63) is 65.7 Å². The number of aryl methyl sites for hydroxylation is 1. The summed E-state index contributed by atoms with van der Waals surface area (Å²) < 4.78 is 0. The lowest BCUT2D eigenvalue weighted by atomic mass is 9.88. The van der Waals surface area contributed by atoms with Gasteiger partial charge in [0.25, 0.3) is 0 Å². The van der Waals surface area contributed by atoms with E-state index in [9.17, 15) is 0 Å². The summed E-state index contributed by atoms with van der Waals surface area (Å²) in [5, 5.41) is 8.28. The minimum absolute atomic E-state index is 0.260. The molecule has 0 spiro atoms. The lowest BCUT2D eigenvalue weighted by Gasteiger charge is -2.19. The van der Waals surface area contributed by atoms with Crippen molar-refractivity contribution in [3.8, 4) is 0 Å². The zero-order valence-electron chi connectivity index (χ0n) is 10.5. The predicted molar refractivity (Wildman–Crippen MR) is 74.5 cm³/mol. The first kappa shape index (κ1) is 12.3. The van der Waals surface area contributed by atoms with Crippen molar-refractivity contribution in [1.82, 2.24) is 4.98 Å². The summed E-state index contributed by atoms with van der Waals surface area (Å²) >= 11 is 0. The molecule has 1 aliphatic rings. The minimum atomic E-state index is 0.260. The quantitative estimate of drug-likeness (QED) is 0.629. The molecule has 0 saturated carbocycles. The van der Waals surface area contributed by atoms with Crippen LogP contribution in [-0.2, 0) is 0 Å². The number of hydrogen-bond donors (Lipinski definition) is 2. The van der Waals surface area contributed by atoms with E-state index in [1.807, 2.05) is 37.3 Å². The number of allylic oxidation sites excluding steroid dienone is 4. The summed E-state index contributed by atoms with van der Waals surface area (Å²) in [6.07, 6.45) is 8.24. The molecular formula is C15H17N3. The molecule has 3 N–H and O–H groups in total. The van der Waals surface area contributed by atoms with E-state index in [-0.39, 0.29) is 5.92 Å². The summed E-state index contributed by atoms with van der Waals surface area (Å²) in [5.74, 6) is 0.260. The third-order valence-electron chi connectivity index (χ3n) is 3.10. The van der Waals surface area contributed by atoms with Crippen LogP contribution in [0.25, 0.3) is 0 Å². The van der Waals surface area contributed by atoms with Crippen molar-refractivity contribution in [2.24, 2.45) is 11.7 Å². The molecule has 0 aromatic carbocycles. The van der Waals surface area contributed by atoms with Crippen molar-refractivity contribution >= 4 is 5.71 Å². The van der Waals surface area contributed by atoms with Crippen molar-refractivity contribution in [2.45, 2.75) is 13.3 Å². The molecule has 1 aliphatic carbocycles. The largest absolute Gasteiger partial charge is 0.398 e. The van der Waals surface area contributed by atoms with Crippen LogP contribution in [0.4, 0.5) is 0 Å². The van der Waals surface area contributed by atoms with Gasteiger partial charge in [-0.3, -0.25) is 10.4 Å². The number of aromatic nitrogens is 1. The van der Waals surface area contributed by atoms with Gasteiger partial charge in [0.1, 0.15) is 0 Å². The van der Waals surface area contributed by atoms with Crippen molar-refractivity contribution in [3.63, 3.8) is 0 Å². The minimum Gasteiger partial charge on any atom is -0.398 e. The predicted octanol–water partition coefficient (Wildman–Crippen LogP) is 2.73. The Hall–Kier alpha value is -2.16. The van der Waals surface area contributed by atoms with Crippen molar-refractivity contribution in [2.75, 3.05) is 0 Å². The highest BCUT2D eigenvalue weighted by Crippen LogP contribution is 2.25. The van der Waals surface area contributed by atoms with E-state index in [0.29, 0.717) is 11.4 Å². The normalized spacial score (nSPS) is 18.8. The van der Waals surface area contributed by atoms with Gasteiger partial charge >= 0.3 is 0 Å². The summed E-state index contributed by atoms with van der Waals surface area (Å²) in [6.45, 7) is 5.71. The summed E-state index contributed by atoms with van der Waals surface area (Å²) in [7, 11) is 0. The molecule has 2 rings (SSSR count). The van der Waals surface area contributed by atoms with E-state index in [1.54, 1.807) is 6.20 Å². The fourth-order valence-corrected chi connectivity index (χ4v) is 2.03. The van der Waals surface area contributed by atoms with Gasteiger partial charge in [0.15, 0.2) is 0 Å². The molecule has 1 aromatic heterocycles. The van der Waals surface area contributed by atoms with Crippen molar-refractivity contribution < 1.29 is 0 Å². The molecule has 1 atom stereocenters. The van der Waals surface area contributed by atoms with Crippen LogP contribution < -0.4 is 5.73 Å². The van der Waals surface area contributed by atoms with Crippen LogP contribution in [0.2, 0.25) is 0 Å². The first-order valence-corrected chi connectivity index (χ1v) is 5.93. The maximum absolute atomic E-state index is 8.28. The highest BCUT2D eigenvalue weighted by Gasteiger charge is 2.17. The lowest BCUT2D eigenvalue weighted by molar-refractivity contribution is 0.794. The van der Waals surface area contributed by atoms with Gasteiger partial charge in [-0.25, -0.2) is 0 Å². The topological polar surface area (TPSA) is 62.8 Å². The lowest BCUT2D eigenvalue weighted by Crippen LogP contribution is -2.16. The second-order valence-electron chi connectivity index (χ2n) is 4.46. The maximum atomic E-state index is 8.28. The summed E-state index contributed by atoms with van der Waals surface area (Å²) in [6, 6.07) is 3.75. The maximum Gasteiger partial charge on any atom is 0.0666 e. The van der Waals surface area contributed by atoms with Gasteiger partial charge in [0.2, 0.25) is 0 Å². The average Bonchev–Trinajstić information content (AvgIpc) is 2.38. The molecule has 0 amide bonds. The Labute approximate surface area is 107 Å². The molecule has 0 radical (unpaired) electrons. The smallest absolute Gasteiger partial charge is 0.0666 e. The number of hydrogen-bond acceptors (Lipinski definition) is 3. The molecule has 92 valence electrons. The number of nitrogens with one attached hydrogen (secondary N) is 1. The summed E-state index contributed by atoms with van der Waals surface area (Å²) in [4.78, 5) is 4.14. The molecule has 1 unspecified atom stereocenters. The Morgan fingerprint density at radius 1 is 1.61 bits per heavy atom. The van der Waals surface area contributed by atoms with Crippen LogP contribution in [0.5, 0.6) is 0 Å². The first-order chi connectivity index (χ1) is 8.61. The molecule has 0 aliphatic heterocycles. The number of pyridine rings is 1. The van der Waals surface area contributed by atoms with Crippen LogP contribution in [0.3, 0.4) is 0 Å². The molecule has 3 heteroatoms. The highest BCUT2D eigenvalue weighted by atomic mass is 14.7. The molecule has 3 nitrogen and oxygen atoms in total. The fourth-order valence-electron chi connectivity index (χ4n) is 2.03. The fraction of sp³-hybridized carbons (Fsp3) is 0.200. The molecule has 0 fully saturated rings. The number of nitrogens with two attached hydrogens (primary N) is 1. The van der Waals surface area contributed by atoms with Crippen LogP contribution in [0.15, 0.2) is 54.4 Å². The molecule has 0 bridgehead atoms. The van der Waals surface area contributed by atoms with E-state index in [4.69, 9.17) is 11.1 Å². The third kappa shape index (κ3) is 2.40. The first-order valence-electron chi connectivity index (χ1n) is 5.93. The number of rotatable bonds is 3. The van der Waals surface area contributed by atoms with Gasteiger partial charge in [0.05, 0.1) is 5.71 Å². The molecule has 0 saturated heterocycles. The zero-order valence-corrected chi connectivity index (χ0v) is 10.5. The Bertz CT molecular complexity index is 553. The zero-order chi connectivity index (χ0) is 13.1. The van der Waals surface area contributed by atoms with E-state index < -0.39 is 0 Å². The Kier molecular flexibility index (Phi) is 3.42. The van der Waals surface area contributed by atoms with Gasteiger partial charge in [0, 0.05) is 28.7 Å². The summed E-state index contributed by atoms with van der Waals surface area (Å²) in [5.41, 5.74) is 9.78. The number of nitrogens with zero attached hydrogens (tertiary/aromatic N) is 1. The Morgan fingerprint density at radius 3 is 3.06 bits per heavy atom. The Balaban J connectivity index is 2.34. The van der Waals surface area contributed by atoms with Gasteiger partial charge in [-0.05, 0) is 37.5 Å². The van der Waals surface area contributed by atoms with Gasteiger partial charge in [-0.2, -0.15) is 0 Å². The van der Waals surface area contributed by atoms with E-state index >= 15 is 0 Å². The third-order valence-corrected chi connectivity index (χ3v) is 3.10. The molecular weight excluding hydrogens is 222 g/mol. The standard InChI is InChI=1S/C15H17N3/c1-3-11-4-5-14(16)13(9-11)15(17)12-6-7-18-10(2)8-12/h3-8,11,17H,1,9,16H2,2H3. The average molecular weight is 239 g/mol. The van der Waals surface area contributed by atoms with Crippen LogP contribution in [0, 0.1) is 18.3 Å². The van der Waals surface area contributed by atoms with Gasteiger partial charge in [-0.1, -0.05) is 12.2 Å². The monoisotopic (exact) mass is 239 g/mol. The van der Waals surface area contributed by atoms with Gasteiger partial charge < -0.3 is 5.73 Å². The van der Waals surface area contributed by atoms with Crippen LogP contribution >= 0.6 is 0 Å². The van der Waals surface area contributed by atoms with Crippen LogP contribution in [-0.4, -0.2) is 10.7 Å². The molecule has 1 aromatic rings. The van der Waals surface area contributed by atoms with E-state index in [0.717, 1.165) is 23.3 Å². The van der Waals surface area contributed by atoms with Gasteiger partial charge in [-0.15, -0.1) is 6.58 Å². The molecule has 1 heterocycles. The SMILES string of the molecule is C=CC1C=CC(N)=C(C(=N)c2ccnc(C)c2)C1. The van der Waals surface area contributed by atoms with E-state index in [2.05, 4.69) is 11.6 Å². The van der Waals surface area contributed by atoms with Crippen molar-refractivity contribution in [1.29, 1.82) is 5.41 Å². The van der Waals surface area contributed by atoms with E-state index in [1.165, 1.54) is 0 Å². The Morgan fingerprint density at radius 2 is 2.39 bits per heavy atom. The highest BCUT2D eigenvalue weighted by molar-refractivity contribution is 6.11.